The average molecular weight is 567 g/mol. The van der Waals surface area contributed by atoms with E-state index in [0.29, 0.717) is 18.5 Å². The predicted octanol–water partition coefficient (Wildman–Crippen LogP) is 2.39. The third-order valence-corrected chi connectivity index (χ3v) is 8.33. The third-order valence-electron chi connectivity index (χ3n) is 6.86. The second-order valence-electron chi connectivity index (χ2n) is 9.67. The Morgan fingerprint density at radius 3 is 2.52 bits per heavy atom. The van der Waals surface area contributed by atoms with E-state index in [1.807, 2.05) is 12.1 Å². The number of hydrogen-bond donors (Lipinski definition) is 4. The van der Waals surface area contributed by atoms with Crippen LogP contribution in [-0.4, -0.2) is 61.6 Å². The van der Waals surface area contributed by atoms with E-state index in [9.17, 15) is 28.1 Å². The van der Waals surface area contributed by atoms with Crippen molar-refractivity contribution in [3.63, 3.8) is 0 Å². The molecule has 40 heavy (non-hydrogen) atoms. The molecule has 1 aliphatic rings. The molecule has 0 aromatic heterocycles. The number of sulfonamides is 1. The van der Waals surface area contributed by atoms with Gasteiger partial charge in [-0.1, -0.05) is 42.5 Å². The zero-order valence-electron chi connectivity index (χ0n) is 21.6. The minimum atomic E-state index is -4.26. The molecular weight excluding hydrogens is 536 g/mol. The van der Waals surface area contributed by atoms with Gasteiger partial charge in [-0.05, 0) is 47.7 Å². The number of ketones is 1. The maximum atomic E-state index is 13.4. The summed E-state index contributed by atoms with van der Waals surface area (Å²) < 4.78 is 29.0. The van der Waals surface area contributed by atoms with Crippen LogP contribution >= 0.6 is 0 Å². The molecule has 0 aliphatic carbocycles. The zero-order chi connectivity index (χ0) is 28.9. The third kappa shape index (κ3) is 6.79. The van der Waals surface area contributed by atoms with E-state index in [0.717, 1.165) is 18.2 Å². The van der Waals surface area contributed by atoms with E-state index in [1.165, 1.54) is 36.4 Å². The summed E-state index contributed by atoms with van der Waals surface area (Å²) in [5.74, 6) is -1.59. The number of rotatable bonds is 10. The van der Waals surface area contributed by atoms with Crippen LogP contribution in [0, 0.1) is 21.4 Å². The van der Waals surface area contributed by atoms with Crippen molar-refractivity contribution in [1.82, 2.24) is 14.9 Å². The van der Waals surface area contributed by atoms with Crippen LogP contribution in [0.5, 0.6) is 0 Å². The molecule has 2 unspecified atom stereocenters. The van der Waals surface area contributed by atoms with Gasteiger partial charge in [0.05, 0.1) is 15.4 Å². The van der Waals surface area contributed by atoms with Gasteiger partial charge in [0.15, 0.2) is 11.7 Å². The topological polar surface area (TPSA) is 189 Å². The number of guanidine groups is 1. The lowest BCUT2D eigenvalue weighted by Crippen LogP contribution is -2.50. The van der Waals surface area contributed by atoms with Crippen molar-refractivity contribution in [3.8, 4) is 0 Å². The van der Waals surface area contributed by atoms with Crippen LogP contribution in [0.3, 0.4) is 0 Å². The molecule has 1 fully saturated rings. The largest absolute Gasteiger partial charge is 0.370 e. The van der Waals surface area contributed by atoms with Gasteiger partial charge < -0.3 is 16.0 Å². The van der Waals surface area contributed by atoms with Gasteiger partial charge in [-0.15, -0.1) is 0 Å². The molecule has 0 saturated carbocycles. The van der Waals surface area contributed by atoms with Gasteiger partial charge in [-0.2, -0.15) is 4.72 Å². The number of nitrogens with one attached hydrogen (secondary N) is 3. The summed E-state index contributed by atoms with van der Waals surface area (Å²) in [5, 5.41) is 23.3. The number of piperidine rings is 1. The number of carbonyl (C=O) groups excluding carboxylic acids is 2. The Bertz CT molecular complexity index is 1560. The molecule has 13 heteroatoms. The Morgan fingerprint density at radius 1 is 1.10 bits per heavy atom. The molecule has 5 N–H and O–H groups in total. The second kappa shape index (κ2) is 12.2. The monoisotopic (exact) mass is 566 g/mol. The first-order chi connectivity index (χ1) is 19.0. The van der Waals surface area contributed by atoms with Gasteiger partial charge in [0, 0.05) is 32.1 Å². The SMILES string of the molecule is N=C(N)N1CCCC(CNC(=O)C(CC(=O)c2ccccc2[N+](=O)[O-])NS(=O)(=O)c2ccc3ccccc3c2)C1. The molecule has 1 saturated heterocycles. The summed E-state index contributed by atoms with van der Waals surface area (Å²) in [6, 6.07) is 15.5. The number of fused-ring (bicyclic) bond motifs is 1. The molecule has 0 bridgehead atoms. The zero-order valence-corrected chi connectivity index (χ0v) is 22.4. The number of nitro benzene ring substituents is 1. The molecule has 1 amide bonds. The van der Waals surface area contributed by atoms with Crippen molar-refractivity contribution in [2.75, 3.05) is 19.6 Å². The van der Waals surface area contributed by atoms with Crippen LogP contribution in [0.1, 0.15) is 29.6 Å². The summed E-state index contributed by atoms with van der Waals surface area (Å²) >= 11 is 0. The average Bonchev–Trinajstić information content (AvgIpc) is 2.95. The first-order valence-electron chi connectivity index (χ1n) is 12.7. The first-order valence-corrected chi connectivity index (χ1v) is 14.2. The standard InChI is InChI=1S/C27H30N6O6S/c28-27(29)32-13-5-6-18(17-32)16-30-26(35)23(15-25(34)22-9-3-4-10-24(22)33(36)37)31-40(38,39)21-12-11-19-7-1-2-8-20(19)14-21/h1-4,7-12,14,18,23,31H,5-6,13,15-17H2,(H3,28,29)(H,30,35). The van der Waals surface area contributed by atoms with Crippen LogP contribution < -0.4 is 15.8 Å². The van der Waals surface area contributed by atoms with Crippen molar-refractivity contribution in [1.29, 1.82) is 5.41 Å². The normalized spacial score (nSPS) is 16.3. The summed E-state index contributed by atoms with van der Waals surface area (Å²) in [6.07, 6.45) is 0.911. The van der Waals surface area contributed by atoms with Gasteiger partial charge in [0.25, 0.3) is 5.69 Å². The number of benzene rings is 3. The maximum absolute atomic E-state index is 13.4. The van der Waals surface area contributed by atoms with E-state index in [-0.39, 0.29) is 28.9 Å². The summed E-state index contributed by atoms with van der Waals surface area (Å²) in [6.45, 7) is 1.27. The van der Waals surface area contributed by atoms with E-state index in [2.05, 4.69) is 10.0 Å². The molecular formula is C27H30N6O6S. The number of hydrogen-bond acceptors (Lipinski definition) is 7. The highest BCUT2D eigenvalue weighted by Gasteiger charge is 2.31. The van der Waals surface area contributed by atoms with Gasteiger partial charge in [-0.25, -0.2) is 8.42 Å². The highest BCUT2D eigenvalue weighted by atomic mass is 32.2. The second-order valence-corrected chi connectivity index (χ2v) is 11.4. The minimum absolute atomic E-state index is 0.0368. The van der Waals surface area contributed by atoms with E-state index in [4.69, 9.17) is 11.1 Å². The fourth-order valence-electron chi connectivity index (χ4n) is 4.76. The predicted molar refractivity (Wildman–Crippen MR) is 149 cm³/mol. The van der Waals surface area contributed by atoms with Gasteiger partial charge in [0.2, 0.25) is 15.9 Å². The molecule has 210 valence electrons. The van der Waals surface area contributed by atoms with Gasteiger partial charge in [-0.3, -0.25) is 25.1 Å². The number of para-hydroxylation sites is 1. The van der Waals surface area contributed by atoms with Crippen LogP contribution in [0.25, 0.3) is 10.8 Å². The highest BCUT2D eigenvalue weighted by Crippen LogP contribution is 2.22. The number of amides is 1. The van der Waals surface area contributed by atoms with E-state index in [1.54, 1.807) is 23.1 Å². The van der Waals surface area contributed by atoms with Crippen LogP contribution in [0.4, 0.5) is 5.69 Å². The molecule has 0 radical (unpaired) electrons. The van der Waals surface area contributed by atoms with Crippen LogP contribution in [-0.2, 0) is 14.8 Å². The molecule has 12 nitrogen and oxygen atoms in total. The minimum Gasteiger partial charge on any atom is -0.370 e. The maximum Gasteiger partial charge on any atom is 0.280 e. The van der Waals surface area contributed by atoms with Gasteiger partial charge in [0.1, 0.15) is 6.04 Å². The Kier molecular flexibility index (Phi) is 8.75. The summed E-state index contributed by atoms with van der Waals surface area (Å²) in [7, 11) is -4.26. The van der Waals surface area contributed by atoms with Gasteiger partial charge >= 0.3 is 0 Å². The molecule has 1 aliphatic heterocycles. The Balaban J connectivity index is 1.57. The number of Topliss-reactive ketones (excluding diaryl/α,β-unsaturated/α-hetero) is 1. The van der Waals surface area contributed by atoms with Crippen molar-refractivity contribution in [2.45, 2.75) is 30.2 Å². The summed E-state index contributed by atoms with van der Waals surface area (Å²) in [4.78, 5) is 38.8. The van der Waals surface area contributed by atoms with E-state index < -0.39 is 44.8 Å². The lowest BCUT2D eigenvalue weighted by molar-refractivity contribution is -0.385. The number of nitrogens with two attached hydrogens (primary N) is 1. The lowest BCUT2D eigenvalue weighted by Gasteiger charge is -2.33. The first kappa shape index (κ1) is 28.6. The Hall–Kier alpha value is -4.36. The quantitative estimate of drug-likeness (QED) is 0.0946. The molecule has 3 aromatic rings. The van der Waals surface area contributed by atoms with Crippen molar-refractivity contribution in [3.05, 3.63) is 82.4 Å². The lowest BCUT2D eigenvalue weighted by atomic mass is 9.97. The fourth-order valence-corrected chi connectivity index (χ4v) is 5.99. The van der Waals surface area contributed by atoms with Crippen molar-refractivity contribution >= 4 is 44.1 Å². The number of nitrogens with zero attached hydrogens (tertiary/aromatic N) is 2. The fraction of sp³-hybridized carbons (Fsp3) is 0.296. The van der Waals surface area contributed by atoms with E-state index >= 15 is 0 Å². The van der Waals surface area contributed by atoms with Crippen LogP contribution in [0.15, 0.2) is 71.6 Å². The molecule has 1 heterocycles. The molecule has 3 aromatic carbocycles. The summed E-state index contributed by atoms with van der Waals surface area (Å²) in [5.41, 5.74) is 4.94. The number of nitro groups is 1. The Labute approximate surface area is 231 Å². The molecule has 0 spiro atoms. The van der Waals surface area contributed by atoms with Crippen molar-refractivity contribution < 1.29 is 22.9 Å². The highest BCUT2D eigenvalue weighted by molar-refractivity contribution is 7.89. The molecule has 4 rings (SSSR count). The smallest absolute Gasteiger partial charge is 0.280 e. The number of carbonyl (C=O) groups is 2. The van der Waals surface area contributed by atoms with Crippen molar-refractivity contribution in [2.24, 2.45) is 11.7 Å². The molecule has 2 atom stereocenters. The Morgan fingerprint density at radius 2 is 1.80 bits per heavy atom. The van der Waals surface area contributed by atoms with Crippen LogP contribution in [0.2, 0.25) is 0 Å². The number of likely N-dealkylation sites (tertiary alicyclic amines) is 1.